The minimum Gasteiger partial charge on any atom is -0.373 e. The van der Waals surface area contributed by atoms with Crippen molar-refractivity contribution in [2.75, 3.05) is 30.0 Å². The zero-order chi connectivity index (χ0) is 13.8. The Hall–Kier alpha value is -2.37. The molecule has 2 rings (SSSR count). The first kappa shape index (κ1) is 13.1. The Balaban J connectivity index is 2.17. The molecule has 3 N–H and O–H groups in total. The highest BCUT2D eigenvalue weighted by molar-refractivity contribution is 5.52. The quantitative estimate of drug-likeness (QED) is 0.879. The summed E-state index contributed by atoms with van der Waals surface area (Å²) in [5.41, 5.74) is 6.64. The van der Waals surface area contributed by atoms with E-state index < -0.39 is 0 Å². The predicted octanol–water partition coefficient (Wildman–Crippen LogP) is 1.88. The van der Waals surface area contributed by atoms with Crippen LogP contribution in [-0.4, -0.2) is 24.1 Å². The van der Waals surface area contributed by atoms with Crippen molar-refractivity contribution in [1.82, 2.24) is 9.97 Å². The van der Waals surface area contributed by atoms with Gasteiger partial charge in [-0.25, -0.2) is 4.39 Å². The van der Waals surface area contributed by atoms with Crippen molar-refractivity contribution in [3.05, 3.63) is 41.7 Å². The lowest BCUT2D eigenvalue weighted by Gasteiger charge is -2.19. The first-order valence-corrected chi connectivity index (χ1v) is 5.86. The van der Waals surface area contributed by atoms with Crippen LogP contribution in [0.25, 0.3) is 0 Å². The van der Waals surface area contributed by atoms with Gasteiger partial charge in [-0.1, -0.05) is 12.1 Å². The van der Waals surface area contributed by atoms with Gasteiger partial charge in [-0.2, -0.15) is 9.97 Å². The number of nitrogens with zero attached hydrogens (tertiary/aromatic N) is 3. The van der Waals surface area contributed by atoms with Gasteiger partial charge in [0.2, 0.25) is 5.95 Å². The lowest BCUT2D eigenvalue weighted by atomic mass is 10.2. The zero-order valence-corrected chi connectivity index (χ0v) is 10.9. The second-order valence-electron chi connectivity index (χ2n) is 4.20. The Morgan fingerprint density at radius 2 is 1.95 bits per heavy atom. The maximum Gasteiger partial charge on any atom is 0.223 e. The molecule has 0 aliphatic rings. The molecule has 0 saturated heterocycles. The highest BCUT2D eigenvalue weighted by atomic mass is 19.1. The molecule has 0 radical (unpaired) electrons. The maximum atomic E-state index is 12.8. The smallest absolute Gasteiger partial charge is 0.223 e. The van der Waals surface area contributed by atoms with Gasteiger partial charge in [0.15, 0.2) is 0 Å². The largest absolute Gasteiger partial charge is 0.373 e. The summed E-state index contributed by atoms with van der Waals surface area (Å²) < 4.78 is 12.8. The zero-order valence-electron chi connectivity index (χ0n) is 10.9. The molecule has 0 aliphatic carbocycles. The van der Waals surface area contributed by atoms with Crippen LogP contribution in [0.5, 0.6) is 0 Å². The third kappa shape index (κ3) is 3.31. The fourth-order valence-corrected chi connectivity index (χ4v) is 1.72. The summed E-state index contributed by atoms with van der Waals surface area (Å²) >= 11 is 0. The molecule has 100 valence electrons. The van der Waals surface area contributed by atoms with Crippen LogP contribution in [0, 0.1) is 5.82 Å². The van der Waals surface area contributed by atoms with Crippen LogP contribution in [0.15, 0.2) is 30.3 Å². The molecule has 19 heavy (non-hydrogen) atoms. The average molecular weight is 261 g/mol. The van der Waals surface area contributed by atoms with Crippen molar-refractivity contribution in [3.8, 4) is 0 Å². The van der Waals surface area contributed by atoms with Crippen LogP contribution in [0.1, 0.15) is 5.56 Å². The highest BCUT2D eigenvalue weighted by Gasteiger charge is 2.07. The first-order chi connectivity index (χ1) is 9.08. The first-order valence-electron chi connectivity index (χ1n) is 5.86. The number of hydrogen-bond donors (Lipinski definition) is 2. The molecule has 6 heteroatoms. The Morgan fingerprint density at radius 1 is 1.26 bits per heavy atom. The van der Waals surface area contributed by atoms with E-state index in [2.05, 4.69) is 15.3 Å². The summed E-state index contributed by atoms with van der Waals surface area (Å²) in [6, 6.07) is 8.18. The van der Waals surface area contributed by atoms with Crippen LogP contribution in [0.3, 0.4) is 0 Å². The molecule has 5 nitrogen and oxygen atoms in total. The summed E-state index contributed by atoms with van der Waals surface area (Å²) in [5, 5.41) is 2.93. The van der Waals surface area contributed by atoms with Crippen molar-refractivity contribution < 1.29 is 4.39 Å². The summed E-state index contributed by atoms with van der Waals surface area (Å²) in [7, 11) is 3.66. The maximum absolute atomic E-state index is 12.8. The second-order valence-corrected chi connectivity index (χ2v) is 4.20. The van der Waals surface area contributed by atoms with E-state index in [1.54, 1.807) is 25.2 Å². The lowest BCUT2D eigenvalue weighted by Crippen LogP contribution is -2.19. The Kier molecular flexibility index (Phi) is 3.79. The van der Waals surface area contributed by atoms with E-state index in [0.29, 0.717) is 18.2 Å². The molecular formula is C13H16FN5. The number of nitrogen functional groups attached to an aromatic ring is 1. The van der Waals surface area contributed by atoms with Gasteiger partial charge in [0.05, 0.1) is 0 Å². The third-order valence-corrected chi connectivity index (χ3v) is 2.71. The van der Waals surface area contributed by atoms with Crippen molar-refractivity contribution in [1.29, 1.82) is 0 Å². The fourth-order valence-electron chi connectivity index (χ4n) is 1.72. The van der Waals surface area contributed by atoms with E-state index >= 15 is 0 Å². The van der Waals surface area contributed by atoms with Crippen molar-refractivity contribution in [2.24, 2.45) is 0 Å². The molecule has 0 unspecified atom stereocenters. The number of rotatable bonds is 4. The van der Waals surface area contributed by atoms with E-state index in [0.717, 1.165) is 5.56 Å². The van der Waals surface area contributed by atoms with E-state index in [4.69, 9.17) is 5.73 Å². The van der Waals surface area contributed by atoms with Crippen LogP contribution in [-0.2, 0) is 6.54 Å². The Labute approximate surface area is 111 Å². The monoisotopic (exact) mass is 261 g/mol. The van der Waals surface area contributed by atoms with Crippen molar-refractivity contribution in [3.63, 3.8) is 0 Å². The number of nitrogens with one attached hydrogen (secondary N) is 1. The lowest BCUT2D eigenvalue weighted by molar-refractivity contribution is 0.627. The third-order valence-electron chi connectivity index (χ3n) is 2.71. The predicted molar refractivity (Wildman–Crippen MR) is 74.5 cm³/mol. The van der Waals surface area contributed by atoms with Gasteiger partial charge in [-0.05, 0) is 17.7 Å². The standard InChI is InChI=1S/C13H16FN5/c1-16-11-7-12(18-13(15)17-11)19(2)8-9-3-5-10(14)6-4-9/h3-7H,8H2,1-2H3,(H3,15,16,17,18). The van der Waals surface area contributed by atoms with Crippen LogP contribution >= 0.6 is 0 Å². The topological polar surface area (TPSA) is 67.1 Å². The number of nitrogens with two attached hydrogens (primary N) is 1. The van der Waals surface area contributed by atoms with Gasteiger partial charge in [-0.15, -0.1) is 0 Å². The highest BCUT2D eigenvalue weighted by Crippen LogP contribution is 2.17. The van der Waals surface area contributed by atoms with Gasteiger partial charge in [0.25, 0.3) is 0 Å². The van der Waals surface area contributed by atoms with Gasteiger partial charge < -0.3 is 16.0 Å². The molecule has 1 aromatic heterocycles. The normalized spacial score (nSPS) is 10.3. The minimum absolute atomic E-state index is 0.216. The molecule has 2 aromatic rings. The van der Waals surface area contributed by atoms with Crippen LogP contribution in [0.4, 0.5) is 22.0 Å². The van der Waals surface area contributed by atoms with Crippen LogP contribution < -0.4 is 16.0 Å². The molecule has 0 atom stereocenters. The average Bonchev–Trinajstić information content (AvgIpc) is 2.40. The van der Waals surface area contributed by atoms with E-state index in [9.17, 15) is 4.39 Å². The minimum atomic E-state index is -0.241. The van der Waals surface area contributed by atoms with Crippen LogP contribution in [0.2, 0.25) is 0 Å². The molecule has 1 heterocycles. The second kappa shape index (κ2) is 5.51. The summed E-state index contributed by atoms with van der Waals surface area (Å²) in [4.78, 5) is 10.1. The van der Waals surface area contributed by atoms with Gasteiger partial charge in [-0.3, -0.25) is 0 Å². The molecule has 0 amide bonds. The SMILES string of the molecule is CNc1cc(N(C)Cc2ccc(F)cc2)nc(N)n1. The Morgan fingerprint density at radius 3 is 2.58 bits per heavy atom. The molecule has 0 bridgehead atoms. The summed E-state index contributed by atoms with van der Waals surface area (Å²) in [5.74, 6) is 1.34. The number of halogens is 1. The van der Waals surface area contributed by atoms with Gasteiger partial charge in [0, 0.05) is 26.7 Å². The number of benzene rings is 1. The van der Waals surface area contributed by atoms with Crippen molar-refractivity contribution >= 4 is 17.6 Å². The summed E-state index contributed by atoms with van der Waals surface area (Å²) in [6.07, 6.45) is 0. The van der Waals surface area contributed by atoms with Crippen molar-refractivity contribution in [2.45, 2.75) is 6.54 Å². The molecule has 0 saturated carbocycles. The number of anilines is 3. The molecule has 0 spiro atoms. The molecular weight excluding hydrogens is 245 g/mol. The molecule has 1 aromatic carbocycles. The summed E-state index contributed by atoms with van der Waals surface area (Å²) in [6.45, 7) is 0.611. The van der Waals surface area contributed by atoms with Gasteiger partial charge >= 0.3 is 0 Å². The Bertz CT molecular complexity index is 555. The fraction of sp³-hybridized carbons (Fsp3) is 0.231. The van der Waals surface area contributed by atoms with Gasteiger partial charge in [0.1, 0.15) is 17.5 Å². The molecule has 0 fully saturated rings. The van der Waals surface area contributed by atoms with E-state index in [-0.39, 0.29) is 11.8 Å². The van der Waals surface area contributed by atoms with E-state index in [1.165, 1.54) is 12.1 Å². The molecule has 0 aliphatic heterocycles. The van der Waals surface area contributed by atoms with E-state index in [1.807, 2.05) is 11.9 Å². The number of aromatic nitrogens is 2. The number of hydrogen-bond acceptors (Lipinski definition) is 5.